The number of rotatable bonds is 4. The van der Waals surface area contributed by atoms with Gasteiger partial charge in [-0.1, -0.05) is 6.07 Å². The molecule has 2 aromatic rings. The van der Waals surface area contributed by atoms with E-state index in [4.69, 9.17) is 5.84 Å². The minimum Gasteiger partial charge on any atom is -0.347 e. The zero-order valence-corrected chi connectivity index (χ0v) is 11.0. The zero-order valence-electron chi connectivity index (χ0n) is 11.0. The highest BCUT2D eigenvalue weighted by Crippen LogP contribution is 2.35. The van der Waals surface area contributed by atoms with E-state index in [2.05, 4.69) is 10.7 Å². The maximum Gasteiger partial charge on any atom is 0.316 e. The number of benzene rings is 2. The molecule has 6 nitrogen and oxygen atoms in total. The predicted octanol–water partition coefficient (Wildman–Crippen LogP) is 3.21. The van der Waals surface area contributed by atoms with Gasteiger partial charge in [-0.3, -0.25) is 16.0 Å². The maximum atomic E-state index is 13.8. The van der Waals surface area contributed by atoms with E-state index in [-0.39, 0.29) is 28.3 Å². The lowest BCUT2D eigenvalue weighted by atomic mass is 10.2. The monoisotopic (exact) mass is 294 g/mol. The Balaban J connectivity index is 2.49. The first-order chi connectivity index (χ1) is 9.93. The Labute approximate surface area is 118 Å². The Kier molecular flexibility index (Phi) is 3.99. The number of nitrogens with one attached hydrogen (secondary N) is 2. The minimum atomic E-state index is -0.714. The van der Waals surface area contributed by atoms with E-state index in [0.717, 1.165) is 12.1 Å². The van der Waals surface area contributed by atoms with Gasteiger partial charge in [0.1, 0.15) is 23.0 Å². The number of nitro benzene ring substituents is 1. The fourth-order valence-corrected chi connectivity index (χ4v) is 1.84. The van der Waals surface area contributed by atoms with Crippen LogP contribution in [-0.4, -0.2) is 4.92 Å². The average Bonchev–Trinajstić information content (AvgIpc) is 2.44. The van der Waals surface area contributed by atoms with E-state index in [1.807, 2.05) is 0 Å². The molecular weight excluding hydrogens is 282 g/mol. The highest BCUT2D eigenvalue weighted by molar-refractivity contribution is 5.79. The van der Waals surface area contributed by atoms with Crippen LogP contribution in [0.1, 0.15) is 5.56 Å². The number of hydrazine groups is 1. The third kappa shape index (κ3) is 2.90. The van der Waals surface area contributed by atoms with Crippen LogP contribution in [0.15, 0.2) is 30.3 Å². The van der Waals surface area contributed by atoms with E-state index in [9.17, 15) is 18.9 Å². The van der Waals surface area contributed by atoms with Gasteiger partial charge >= 0.3 is 5.69 Å². The van der Waals surface area contributed by atoms with Gasteiger partial charge in [0, 0.05) is 6.07 Å². The van der Waals surface area contributed by atoms with Crippen molar-refractivity contribution >= 4 is 22.7 Å². The summed E-state index contributed by atoms with van der Waals surface area (Å²) in [6, 6.07) is 6.21. The molecule has 0 aliphatic rings. The molecule has 0 heterocycles. The van der Waals surface area contributed by atoms with Crippen LogP contribution in [-0.2, 0) is 0 Å². The molecule has 0 atom stereocenters. The number of halogens is 2. The summed E-state index contributed by atoms with van der Waals surface area (Å²) in [7, 11) is 0. The van der Waals surface area contributed by atoms with Crippen molar-refractivity contribution in [2.24, 2.45) is 5.84 Å². The van der Waals surface area contributed by atoms with E-state index < -0.39 is 16.6 Å². The molecule has 4 N–H and O–H groups in total. The molecule has 0 aromatic heterocycles. The van der Waals surface area contributed by atoms with Gasteiger partial charge in [0.25, 0.3) is 0 Å². The van der Waals surface area contributed by atoms with E-state index in [1.165, 1.54) is 25.1 Å². The standard InChI is InChI=1S/C13H12F2N4O2/c1-7-5-9(15)12(6-8(7)14)17-10-3-2-4-11(18-16)13(10)19(20)21/h2-6,17-18H,16H2,1H3. The number of anilines is 3. The van der Waals surface area contributed by atoms with Gasteiger partial charge in [-0.2, -0.15) is 0 Å². The number of para-hydroxylation sites is 1. The van der Waals surface area contributed by atoms with Crippen molar-refractivity contribution in [1.82, 2.24) is 0 Å². The summed E-state index contributed by atoms with van der Waals surface area (Å²) in [5, 5.41) is 13.6. The van der Waals surface area contributed by atoms with Gasteiger partial charge in [-0.25, -0.2) is 8.78 Å². The lowest BCUT2D eigenvalue weighted by molar-refractivity contribution is -0.383. The first kappa shape index (κ1) is 14.7. The Bertz CT molecular complexity index is 707. The highest BCUT2D eigenvalue weighted by atomic mass is 19.1. The Morgan fingerprint density at radius 2 is 1.81 bits per heavy atom. The van der Waals surface area contributed by atoms with Crippen molar-refractivity contribution in [2.75, 3.05) is 10.7 Å². The Morgan fingerprint density at radius 1 is 1.14 bits per heavy atom. The molecule has 0 unspecified atom stereocenters. The second-order valence-corrected chi connectivity index (χ2v) is 4.31. The lowest BCUT2D eigenvalue weighted by Gasteiger charge is -2.11. The first-order valence-corrected chi connectivity index (χ1v) is 5.90. The molecule has 0 amide bonds. The molecule has 8 heteroatoms. The molecule has 0 fully saturated rings. The van der Waals surface area contributed by atoms with Crippen molar-refractivity contribution in [2.45, 2.75) is 6.92 Å². The van der Waals surface area contributed by atoms with Crippen LogP contribution in [0.25, 0.3) is 0 Å². The molecule has 0 aliphatic heterocycles. The van der Waals surface area contributed by atoms with Crippen LogP contribution in [0.4, 0.5) is 31.5 Å². The molecule has 0 bridgehead atoms. The van der Waals surface area contributed by atoms with Crippen molar-refractivity contribution in [1.29, 1.82) is 0 Å². The van der Waals surface area contributed by atoms with E-state index in [0.29, 0.717) is 0 Å². The molecule has 2 aromatic carbocycles. The normalized spacial score (nSPS) is 10.3. The van der Waals surface area contributed by atoms with Gasteiger partial charge in [0.05, 0.1) is 10.6 Å². The number of nitrogens with two attached hydrogens (primary N) is 1. The summed E-state index contributed by atoms with van der Waals surface area (Å²) in [6.45, 7) is 1.42. The molecule has 21 heavy (non-hydrogen) atoms. The average molecular weight is 294 g/mol. The van der Waals surface area contributed by atoms with Crippen molar-refractivity contribution < 1.29 is 13.7 Å². The smallest absolute Gasteiger partial charge is 0.316 e. The Morgan fingerprint density at radius 3 is 2.43 bits per heavy atom. The van der Waals surface area contributed by atoms with Crippen molar-refractivity contribution in [3.63, 3.8) is 0 Å². The third-order valence-electron chi connectivity index (χ3n) is 2.89. The van der Waals surface area contributed by atoms with Gasteiger partial charge in [0.15, 0.2) is 0 Å². The van der Waals surface area contributed by atoms with Crippen LogP contribution in [0, 0.1) is 28.7 Å². The third-order valence-corrected chi connectivity index (χ3v) is 2.89. The van der Waals surface area contributed by atoms with Crippen LogP contribution >= 0.6 is 0 Å². The largest absolute Gasteiger partial charge is 0.347 e. The summed E-state index contributed by atoms with van der Waals surface area (Å²) in [4.78, 5) is 10.4. The van der Waals surface area contributed by atoms with Gasteiger partial charge in [-0.05, 0) is 30.7 Å². The molecule has 2 rings (SSSR count). The second-order valence-electron chi connectivity index (χ2n) is 4.31. The molecular formula is C13H12F2N4O2. The number of nitro groups is 1. The fraction of sp³-hybridized carbons (Fsp3) is 0.0769. The highest BCUT2D eigenvalue weighted by Gasteiger charge is 2.20. The summed E-state index contributed by atoms with van der Waals surface area (Å²) < 4.78 is 27.3. The number of nitrogens with zero attached hydrogens (tertiary/aromatic N) is 1. The molecule has 0 aliphatic carbocycles. The predicted molar refractivity (Wildman–Crippen MR) is 75.3 cm³/mol. The molecule has 0 spiro atoms. The second kappa shape index (κ2) is 5.71. The van der Waals surface area contributed by atoms with Gasteiger partial charge < -0.3 is 10.7 Å². The SMILES string of the molecule is Cc1cc(F)c(Nc2cccc(NN)c2[N+](=O)[O-])cc1F. The van der Waals surface area contributed by atoms with Crippen LogP contribution in [0.2, 0.25) is 0 Å². The topological polar surface area (TPSA) is 93.2 Å². The molecule has 0 saturated heterocycles. The number of aryl methyl sites for hydroxylation is 1. The van der Waals surface area contributed by atoms with Crippen molar-refractivity contribution in [3.05, 3.63) is 57.6 Å². The first-order valence-electron chi connectivity index (χ1n) is 5.90. The lowest BCUT2D eigenvalue weighted by Crippen LogP contribution is -2.10. The van der Waals surface area contributed by atoms with Crippen LogP contribution in [0.5, 0.6) is 0 Å². The molecule has 0 radical (unpaired) electrons. The minimum absolute atomic E-state index is 0.00222. The summed E-state index contributed by atoms with van der Waals surface area (Å²) >= 11 is 0. The summed E-state index contributed by atoms with van der Waals surface area (Å²) in [6.07, 6.45) is 0. The van der Waals surface area contributed by atoms with Crippen LogP contribution in [0.3, 0.4) is 0 Å². The molecule has 110 valence electrons. The Hall–Kier alpha value is -2.74. The van der Waals surface area contributed by atoms with Crippen molar-refractivity contribution in [3.8, 4) is 0 Å². The number of nitrogen functional groups attached to an aromatic ring is 1. The van der Waals surface area contributed by atoms with Gasteiger partial charge in [-0.15, -0.1) is 0 Å². The quantitative estimate of drug-likeness (QED) is 0.457. The van der Waals surface area contributed by atoms with E-state index >= 15 is 0 Å². The van der Waals surface area contributed by atoms with Gasteiger partial charge in [0.2, 0.25) is 0 Å². The van der Waals surface area contributed by atoms with E-state index in [1.54, 1.807) is 0 Å². The maximum absolute atomic E-state index is 13.8. The summed E-state index contributed by atoms with van der Waals surface area (Å²) in [5.41, 5.74) is 1.82. The van der Waals surface area contributed by atoms with Crippen LogP contribution < -0.4 is 16.6 Å². The fourth-order valence-electron chi connectivity index (χ4n) is 1.84. The zero-order chi connectivity index (χ0) is 15.6. The summed E-state index contributed by atoms with van der Waals surface area (Å²) in [5.74, 6) is 3.88. The number of hydrogen-bond donors (Lipinski definition) is 3. The number of hydrogen-bond acceptors (Lipinski definition) is 5. The molecule has 0 saturated carbocycles.